The zero-order chi connectivity index (χ0) is 24.5. The van der Waals surface area contributed by atoms with Gasteiger partial charge in [-0.05, 0) is 36.2 Å². The van der Waals surface area contributed by atoms with Gasteiger partial charge in [0.05, 0.1) is 16.8 Å². The molecule has 3 aromatic rings. The van der Waals surface area contributed by atoms with Gasteiger partial charge in [-0.15, -0.1) is 0 Å². The minimum absolute atomic E-state index is 0.173. The molecule has 2 N–H and O–H groups in total. The summed E-state index contributed by atoms with van der Waals surface area (Å²) in [5.41, 5.74) is 4.34. The lowest BCUT2D eigenvalue weighted by atomic mass is 10.0. The van der Waals surface area contributed by atoms with Crippen molar-refractivity contribution in [1.29, 1.82) is 0 Å². The van der Waals surface area contributed by atoms with Gasteiger partial charge >= 0.3 is 0 Å². The molecule has 0 bridgehead atoms. The molecule has 3 rings (SSSR count). The zero-order valence-electron chi connectivity index (χ0n) is 18.8. The number of hydrogen-bond acceptors (Lipinski definition) is 4. The van der Waals surface area contributed by atoms with Crippen LogP contribution in [0.3, 0.4) is 0 Å². The molecule has 1 unspecified atom stereocenters. The highest BCUT2D eigenvalue weighted by molar-refractivity contribution is 6.33. The van der Waals surface area contributed by atoms with E-state index < -0.39 is 17.9 Å². The first-order valence-electron chi connectivity index (χ1n) is 10.7. The summed E-state index contributed by atoms with van der Waals surface area (Å²) in [6.45, 7) is 3.96. The number of rotatable bonds is 9. The number of carbonyl (C=O) groups is 2. The van der Waals surface area contributed by atoms with Crippen LogP contribution in [0.2, 0.25) is 10.0 Å². The number of halogens is 2. The van der Waals surface area contributed by atoms with E-state index in [0.717, 1.165) is 5.56 Å². The van der Waals surface area contributed by atoms with E-state index in [9.17, 15) is 9.59 Å². The van der Waals surface area contributed by atoms with Crippen molar-refractivity contribution in [3.63, 3.8) is 0 Å². The highest BCUT2D eigenvalue weighted by atomic mass is 35.5. The summed E-state index contributed by atoms with van der Waals surface area (Å²) in [5.74, 6) is -0.455. The van der Waals surface area contributed by atoms with Crippen LogP contribution in [-0.4, -0.2) is 24.1 Å². The Morgan fingerprint density at radius 3 is 2.29 bits per heavy atom. The number of amides is 2. The molecule has 0 saturated heterocycles. The van der Waals surface area contributed by atoms with Gasteiger partial charge in [0, 0.05) is 16.1 Å². The van der Waals surface area contributed by atoms with E-state index >= 15 is 0 Å². The Hall–Kier alpha value is -3.35. The predicted octanol–water partition coefficient (Wildman–Crippen LogP) is 5.48. The fourth-order valence-electron chi connectivity index (χ4n) is 3.12. The molecule has 0 aliphatic carbocycles. The Morgan fingerprint density at radius 1 is 0.941 bits per heavy atom. The van der Waals surface area contributed by atoms with E-state index in [0.29, 0.717) is 33.5 Å². The standard InChI is InChI=1S/C26H25Cl2N3O3/c1-17(2)24(30-25(32)20-11-5-7-13-22(20)28)26(33)31-29-15-18-9-4-8-14-23(18)34-16-19-10-3-6-12-21(19)27/h3-15,17,24H,16H2,1-2H3,(H,30,32)(H,31,33). The van der Waals surface area contributed by atoms with E-state index in [1.165, 1.54) is 6.21 Å². The Labute approximate surface area is 208 Å². The lowest BCUT2D eigenvalue weighted by molar-refractivity contribution is -0.123. The second kappa shape index (κ2) is 12.2. The van der Waals surface area contributed by atoms with Crippen LogP contribution in [0.5, 0.6) is 5.75 Å². The molecule has 34 heavy (non-hydrogen) atoms. The number of benzene rings is 3. The first kappa shape index (κ1) is 25.3. The number of carbonyl (C=O) groups excluding carboxylic acids is 2. The van der Waals surface area contributed by atoms with Crippen molar-refractivity contribution < 1.29 is 14.3 Å². The number of hydrogen-bond donors (Lipinski definition) is 2. The molecule has 0 aliphatic heterocycles. The summed E-state index contributed by atoms with van der Waals surface area (Å²) in [6, 6.07) is 20.6. The van der Waals surface area contributed by atoms with Crippen LogP contribution in [0, 0.1) is 5.92 Å². The van der Waals surface area contributed by atoms with Gasteiger partial charge in [-0.25, -0.2) is 5.43 Å². The van der Waals surface area contributed by atoms with Gasteiger partial charge in [0.25, 0.3) is 11.8 Å². The second-order valence-electron chi connectivity index (χ2n) is 7.83. The maximum absolute atomic E-state index is 12.7. The third-order valence-electron chi connectivity index (χ3n) is 4.99. The smallest absolute Gasteiger partial charge is 0.262 e. The average Bonchev–Trinajstić information content (AvgIpc) is 2.82. The Bertz CT molecular complexity index is 1180. The van der Waals surface area contributed by atoms with Gasteiger partial charge in [-0.3, -0.25) is 9.59 Å². The third kappa shape index (κ3) is 6.83. The number of hydrazone groups is 1. The first-order valence-corrected chi connectivity index (χ1v) is 11.5. The summed E-state index contributed by atoms with van der Waals surface area (Å²) in [5, 5.41) is 7.74. The molecular formula is C26H25Cl2N3O3. The van der Waals surface area contributed by atoms with Crippen LogP contribution in [-0.2, 0) is 11.4 Å². The molecular weight excluding hydrogens is 473 g/mol. The van der Waals surface area contributed by atoms with Crippen LogP contribution in [0.4, 0.5) is 0 Å². The fourth-order valence-corrected chi connectivity index (χ4v) is 3.54. The van der Waals surface area contributed by atoms with E-state index in [2.05, 4.69) is 15.8 Å². The molecule has 0 radical (unpaired) electrons. The second-order valence-corrected chi connectivity index (χ2v) is 8.64. The van der Waals surface area contributed by atoms with Gasteiger partial charge in [-0.1, -0.05) is 79.5 Å². The Balaban J connectivity index is 1.64. The molecule has 0 saturated carbocycles. The van der Waals surface area contributed by atoms with E-state index in [4.69, 9.17) is 27.9 Å². The van der Waals surface area contributed by atoms with Crippen LogP contribution in [0.25, 0.3) is 0 Å². The molecule has 1 atom stereocenters. The maximum atomic E-state index is 12.7. The maximum Gasteiger partial charge on any atom is 0.262 e. The molecule has 0 aromatic heterocycles. The highest BCUT2D eigenvalue weighted by Crippen LogP contribution is 2.21. The van der Waals surface area contributed by atoms with Crippen molar-refractivity contribution in [3.8, 4) is 5.75 Å². The predicted molar refractivity (Wildman–Crippen MR) is 136 cm³/mol. The fraction of sp³-hybridized carbons (Fsp3) is 0.192. The highest BCUT2D eigenvalue weighted by Gasteiger charge is 2.25. The molecule has 8 heteroatoms. The van der Waals surface area contributed by atoms with Crippen LogP contribution in [0.1, 0.15) is 35.3 Å². The largest absolute Gasteiger partial charge is 0.488 e. The van der Waals surface area contributed by atoms with E-state index in [1.54, 1.807) is 36.4 Å². The number of nitrogens with one attached hydrogen (secondary N) is 2. The SMILES string of the molecule is CC(C)C(NC(=O)c1ccccc1Cl)C(=O)NN=Cc1ccccc1OCc1ccccc1Cl. The third-order valence-corrected chi connectivity index (χ3v) is 5.69. The van der Waals surface area contributed by atoms with Crippen molar-refractivity contribution in [2.24, 2.45) is 11.0 Å². The van der Waals surface area contributed by atoms with Crippen molar-refractivity contribution in [2.45, 2.75) is 26.5 Å². The minimum atomic E-state index is -0.798. The van der Waals surface area contributed by atoms with Gasteiger partial charge in [0.2, 0.25) is 0 Å². The van der Waals surface area contributed by atoms with E-state index in [-0.39, 0.29) is 5.92 Å². The zero-order valence-corrected chi connectivity index (χ0v) is 20.3. The molecule has 3 aromatic carbocycles. The van der Waals surface area contributed by atoms with Gasteiger partial charge in [-0.2, -0.15) is 5.10 Å². The molecule has 0 spiro atoms. The van der Waals surface area contributed by atoms with Gasteiger partial charge in [0.1, 0.15) is 18.4 Å². The van der Waals surface area contributed by atoms with Gasteiger partial charge in [0.15, 0.2) is 0 Å². The summed E-state index contributed by atoms with van der Waals surface area (Å²) in [7, 11) is 0. The van der Waals surface area contributed by atoms with Crippen molar-refractivity contribution in [1.82, 2.24) is 10.7 Å². The summed E-state index contributed by atoms with van der Waals surface area (Å²) < 4.78 is 5.90. The summed E-state index contributed by atoms with van der Waals surface area (Å²) in [4.78, 5) is 25.3. The number of ether oxygens (including phenoxy) is 1. The Morgan fingerprint density at radius 2 is 1.59 bits per heavy atom. The molecule has 176 valence electrons. The van der Waals surface area contributed by atoms with E-state index in [1.807, 2.05) is 50.2 Å². The van der Waals surface area contributed by atoms with Crippen LogP contribution >= 0.6 is 23.2 Å². The minimum Gasteiger partial charge on any atom is -0.488 e. The van der Waals surface area contributed by atoms with Crippen molar-refractivity contribution in [3.05, 3.63) is 99.5 Å². The lowest BCUT2D eigenvalue weighted by Gasteiger charge is -2.20. The normalized spacial score (nSPS) is 11.9. The van der Waals surface area contributed by atoms with Crippen LogP contribution in [0.15, 0.2) is 77.9 Å². The molecule has 0 fully saturated rings. The monoisotopic (exact) mass is 497 g/mol. The molecule has 0 heterocycles. The lowest BCUT2D eigenvalue weighted by Crippen LogP contribution is -2.48. The molecule has 0 aliphatic rings. The topological polar surface area (TPSA) is 79.8 Å². The van der Waals surface area contributed by atoms with Crippen molar-refractivity contribution in [2.75, 3.05) is 0 Å². The summed E-state index contributed by atoms with van der Waals surface area (Å²) >= 11 is 12.3. The summed E-state index contributed by atoms with van der Waals surface area (Å²) in [6.07, 6.45) is 1.49. The Kier molecular flexibility index (Phi) is 9.08. The van der Waals surface area contributed by atoms with Crippen molar-refractivity contribution >= 4 is 41.2 Å². The van der Waals surface area contributed by atoms with Crippen LogP contribution < -0.4 is 15.5 Å². The number of para-hydroxylation sites is 1. The average molecular weight is 498 g/mol. The molecule has 6 nitrogen and oxygen atoms in total. The quantitative estimate of drug-likeness (QED) is 0.303. The number of nitrogens with zero attached hydrogens (tertiary/aromatic N) is 1. The molecule has 2 amide bonds. The van der Waals surface area contributed by atoms with Gasteiger partial charge < -0.3 is 10.1 Å². The first-order chi connectivity index (χ1) is 16.4.